The minimum atomic E-state index is 0. The van der Waals surface area contributed by atoms with E-state index in [1.165, 1.54) is 43.8 Å². The van der Waals surface area contributed by atoms with E-state index in [1.807, 2.05) is 0 Å². The van der Waals surface area contributed by atoms with E-state index < -0.39 is 0 Å². The SMILES string of the molecule is C.c1ccc2c(c1)-c1cccc3cccc-2c13.c1ccc2ccccc2c1. The second-order valence-corrected chi connectivity index (χ2v) is 6.60. The van der Waals surface area contributed by atoms with Crippen molar-refractivity contribution in [1.29, 1.82) is 0 Å². The highest BCUT2D eigenvalue weighted by atomic mass is 14.2. The lowest BCUT2D eigenvalue weighted by molar-refractivity contribution is 1.70. The summed E-state index contributed by atoms with van der Waals surface area (Å²) in [6, 6.07) is 38.5. The first-order valence-corrected chi connectivity index (χ1v) is 8.97. The first-order chi connectivity index (χ1) is 12.9. The predicted octanol–water partition coefficient (Wildman–Crippen LogP) is 7.96. The van der Waals surface area contributed by atoms with Gasteiger partial charge >= 0.3 is 0 Å². The zero-order chi connectivity index (χ0) is 17.3. The molecule has 27 heavy (non-hydrogen) atoms. The van der Waals surface area contributed by atoms with Gasteiger partial charge in [-0.3, -0.25) is 0 Å². The highest BCUT2D eigenvalue weighted by molar-refractivity contribution is 6.15. The van der Waals surface area contributed by atoms with Crippen LogP contribution in [-0.4, -0.2) is 0 Å². The summed E-state index contributed by atoms with van der Waals surface area (Å²) in [4.78, 5) is 0. The lowest BCUT2D eigenvalue weighted by Gasteiger charge is -2.00. The molecule has 0 fully saturated rings. The molecule has 0 saturated heterocycles. The van der Waals surface area contributed by atoms with Gasteiger partial charge in [0.05, 0.1) is 0 Å². The van der Waals surface area contributed by atoms with Crippen molar-refractivity contribution in [3.05, 3.63) is 109 Å². The first-order valence-electron chi connectivity index (χ1n) is 8.97. The van der Waals surface area contributed by atoms with E-state index in [2.05, 4.69) is 109 Å². The molecule has 0 aliphatic heterocycles. The molecule has 1 aliphatic rings. The Kier molecular flexibility index (Phi) is 4.48. The Balaban J connectivity index is 0.000000142. The zero-order valence-corrected chi connectivity index (χ0v) is 14.4. The van der Waals surface area contributed by atoms with E-state index in [-0.39, 0.29) is 7.43 Å². The minimum absolute atomic E-state index is 0. The van der Waals surface area contributed by atoms with Gasteiger partial charge in [-0.15, -0.1) is 0 Å². The van der Waals surface area contributed by atoms with Gasteiger partial charge in [-0.25, -0.2) is 0 Å². The van der Waals surface area contributed by atoms with Gasteiger partial charge < -0.3 is 0 Å². The van der Waals surface area contributed by atoms with Crippen LogP contribution in [0.4, 0.5) is 0 Å². The third kappa shape index (κ3) is 2.90. The van der Waals surface area contributed by atoms with E-state index in [0.29, 0.717) is 0 Å². The van der Waals surface area contributed by atoms with Crippen LogP contribution >= 0.6 is 0 Å². The normalized spacial score (nSPS) is 10.7. The van der Waals surface area contributed by atoms with Crippen LogP contribution in [-0.2, 0) is 0 Å². The lowest BCUT2D eigenvalue weighted by Crippen LogP contribution is -1.73. The number of hydrogen-bond acceptors (Lipinski definition) is 0. The van der Waals surface area contributed by atoms with Crippen LogP contribution in [0.25, 0.3) is 43.8 Å². The van der Waals surface area contributed by atoms with E-state index in [9.17, 15) is 0 Å². The quantitative estimate of drug-likeness (QED) is 0.262. The van der Waals surface area contributed by atoms with Crippen LogP contribution in [0, 0.1) is 0 Å². The Morgan fingerprint density at radius 3 is 1.07 bits per heavy atom. The van der Waals surface area contributed by atoms with E-state index in [1.54, 1.807) is 0 Å². The summed E-state index contributed by atoms with van der Waals surface area (Å²) in [5.74, 6) is 0. The van der Waals surface area contributed by atoms with Gasteiger partial charge in [0.2, 0.25) is 0 Å². The smallest absolute Gasteiger partial charge is 0.00264 e. The molecule has 0 amide bonds. The molecule has 0 nitrogen and oxygen atoms in total. The molecule has 6 rings (SSSR count). The van der Waals surface area contributed by atoms with Crippen LogP contribution in [0.15, 0.2) is 109 Å². The Hall–Kier alpha value is -3.38. The summed E-state index contributed by atoms with van der Waals surface area (Å²) in [5, 5.41) is 5.37. The van der Waals surface area contributed by atoms with Crippen molar-refractivity contribution in [3.8, 4) is 22.3 Å². The third-order valence-corrected chi connectivity index (χ3v) is 5.07. The fourth-order valence-corrected chi connectivity index (χ4v) is 3.88. The van der Waals surface area contributed by atoms with E-state index >= 15 is 0 Å². The molecule has 0 heteroatoms. The first kappa shape index (κ1) is 17.1. The number of rotatable bonds is 0. The molecule has 0 spiro atoms. The highest BCUT2D eigenvalue weighted by Gasteiger charge is 2.19. The van der Waals surface area contributed by atoms with Crippen molar-refractivity contribution in [2.45, 2.75) is 7.43 Å². The fourth-order valence-electron chi connectivity index (χ4n) is 3.88. The molecule has 0 saturated carbocycles. The van der Waals surface area contributed by atoms with Crippen LogP contribution in [0.1, 0.15) is 7.43 Å². The monoisotopic (exact) mass is 346 g/mol. The van der Waals surface area contributed by atoms with Crippen molar-refractivity contribution in [3.63, 3.8) is 0 Å². The molecule has 0 heterocycles. The lowest BCUT2D eigenvalue weighted by atomic mass is 10.0. The summed E-state index contributed by atoms with van der Waals surface area (Å²) >= 11 is 0. The van der Waals surface area contributed by atoms with Gasteiger partial charge in [-0.1, -0.05) is 117 Å². The van der Waals surface area contributed by atoms with Crippen molar-refractivity contribution in [2.75, 3.05) is 0 Å². The molecule has 5 aromatic rings. The highest BCUT2D eigenvalue weighted by Crippen LogP contribution is 2.46. The Labute approximate surface area is 160 Å². The molecular formula is C27H22. The van der Waals surface area contributed by atoms with Crippen LogP contribution in [0.2, 0.25) is 0 Å². The van der Waals surface area contributed by atoms with Crippen molar-refractivity contribution >= 4 is 21.5 Å². The summed E-state index contributed by atoms with van der Waals surface area (Å²) in [6.07, 6.45) is 0. The molecule has 0 bridgehead atoms. The number of fused-ring (bicyclic) bond motifs is 4. The summed E-state index contributed by atoms with van der Waals surface area (Å²) in [7, 11) is 0. The summed E-state index contributed by atoms with van der Waals surface area (Å²) in [6.45, 7) is 0. The van der Waals surface area contributed by atoms with Gasteiger partial charge in [0, 0.05) is 0 Å². The van der Waals surface area contributed by atoms with Crippen molar-refractivity contribution < 1.29 is 0 Å². The van der Waals surface area contributed by atoms with Crippen LogP contribution < -0.4 is 0 Å². The van der Waals surface area contributed by atoms with Gasteiger partial charge in [0.25, 0.3) is 0 Å². The molecule has 1 aliphatic carbocycles. The van der Waals surface area contributed by atoms with E-state index in [0.717, 1.165) is 0 Å². The third-order valence-electron chi connectivity index (χ3n) is 5.07. The molecule has 0 N–H and O–H groups in total. The Bertz CT molecular complexity index is 1110. The van der Waals surface area contributed by atoms with Gasteiger partial charge in [-0.05, 0) is 43.8 Å². The minimum Gasteiger partial charge on any atom is -0.0776 e. The predicted molar refractivity (Wildman–Crippen MR) is 119 cm³/mol. The van der Waals surface area contributed by atoms with Crippen molar-refractivity contribution in [1.82, 2.24) is 0 Å². The zero-order valence-electron chi connectivity index (χ0n) is 14.4. The number of hydrogen-bond donors (Lipinski definition) is 0. The molecule has 0 aromatic heterocycles. The maximum absolute atomic E-state index is 2.22. The average Bonchev–Trinajstić information content (AvgIpc) is 3.05. The topological polar surface area (TPSA) is 0 Å². The molecule has 0 radical (unpaired) electrons. The maximum Gasteiger partial charge on any atom is -0.00264 e. The summed E-state index contributed by atoms with van der Waals surface area (Å²) in [5.41, 5.74) is 5.50. The van der Waals surface area contributed by atoms with Gasteiger partial charge in [0.1, 0.15) is 0 Å². The largest absolute Gasteiger partial charge is 0.0776 e. The number of benzene rings is 5. The summed E-state index contributed by atoms with van der Waals surface area (Å²) < 4.78 is 0. The molecule has 130 valence electrons. The Morgan fingerprint density at radius 1 is 0.296 bits per heavy atom. The molecule has 0 atom stereocenters. The van der Waals surface area contributed by atoms with Gasteiger partial charge in [0.15, 0.2) is 0 Å². The van der Waals surface area contributed by atoms with Gasteiger partial charge in [-0.2, -0.15) is 0 Å². The molecular weight excluding hydrogens is 324 g/mol. The average molecular weight is 346 g/mol. The molecule has 0 unspecified atom stereocenters. The maximum atomic E-state index is 2.22. The molecule has 5 aromatic carbocycles. The van der Waals surface area contributed by atoms with Crippen LogP contribution in [0.5, 0.6) is 0 Å². The van der Waals surface area contributed by atoms with Crippen molar-refractivity contribution in [2.24, 2.45) is 0 Å². The second kappa shape index (κ2) is 7.09. The van der Waals surface area contributed by atoms with Crippen LogP contribution in [0.3, 0.4) is 0 Å². The standard InChI is InChI=1S/C16H10.C10H8.CH4/c1-2-8-13-12(7-1)14-9-3-5-11-6-4-10-15(13)16(11)14;1-2-6-10-8-4-3-7-9(10)5-1;/h1-10H;1-8H;1H4. The Morgan fingerprint density at radius 2 is 0.630 bits per heavy atom. The second-order valence-electron chi connectivity index (χ2n) is 6.60. The van der Waals surface area contributed by atoms with E-state index in [4.69, 9.17) is 0 Å². The fraction of sp³-hybridized carbons (Fsp3) is 0.0370.